The third-order valence-corrected chi connectivity index (χ3v) is 6.15. The summed E-state index contributed by atoms with van der Waals surface area (Å²) in [6.45, 7) is 0. The van der Waals surface area contributed by atoms with Gasteiger partial charge in [-0.3, -0.25) is 0 Å². The topological polar surface area (TPSA) is 50.4 Å². The number of aromatic hydroxyl groups is 1. The summed E-state index contributed by atoms with van der Waals surface area (Å²) in [6, 6.07) is 33.1. The maximum absolute atomic E-state index is 12.7. The maximum Gasteiger partial charge on any atom is 0.354 e. The van der Waals surface area contributed by atoms with Crippen molar-refractivity contribution in [1.82, 2.24) is 0 Å². The molecule has 1 aromatic heterocycles. The van der Waals surface area contributed by atoms with E-state index in [0.717, 1.165) is 32.4 Å². The molecule has 5 aromatic rings. The second-order valence-electron chi connectivity index (χ2n) is 7.17. The van der Waals surface area contributed by atoms with E-state index in [1.54, 1.807) is 0 Å². The third kappa shape index (κ3) is 3.98. The molecular weight excluding hydrogens is 404 g/mol. The highest BCUT2D eigenvalue weighted by Crippen LogP contribution is 2.36. The van der Waals surface area contributed by atoms with Gasteiger partial charge in [-0.25, -0.2) is 4.79 Å². The molecule has 5 rings (SSSR count). The van der Waals surface area contributed by atoms with E-state index in [0.29, 0.717) is 5.76 Å². The lowest BCUT2D eigenvalue weighted by molar-refractivity contribution is 0.430. The predicted molar refractivity (Wildman–Crippen MR) is 126 cm³/mol. The van der Waals surface area contributed by atoms with E-state index >= 15 is 0 Å². The smallest absolute Gasteiger partial charge is 0.354 e. The van der Waals surface area contributed by atoms with Crippen molar-refractivity contribution in [3.05, 3.63) is 114 Å². The molecule has 1 N–H and O–H groups in total. The summed E-state index contributed by atoms with van der Waals surface area (Å²) in [5, 5.41) is 12.8. The van der Waals surface area contributed by atoms with Gasteiger partial charge in [-0.05, 0) is 40.1 Å². The van der Waals surface area contributed by atoms with Crippen LogP contribution < -0.4 is 5.63 Å². The van der Waals surface area contributed by atoms with Gasteiger partial charge >= 0.3 is 5.63 Å². The van der Waals surface area contributed by atoms with Crippen molar-refractivity contribution in [2.24, 2.45) is 0 Å². The van der Waals surface area contributed by atoms with E-state index < -0.39 is 5.63 Å². The van der Waals surface area contributed by atoms with Gasteiger partial charge in [-0.1, -0.05) is 90.6 Å². The van der Waals surface area contributed by atoms with Gasteiger partial charge in [0.2, 0.25) is 0 Å². The third-order valence-electron chi connectivity index (χ3n) is 5.08. The van der Waals surface area contributed by atoms with Gasteiger partial charge in [-0.2, -0.15) is 0 Å². The number of rotatable bonds is 4. The second-order valence-corrected chi connectivity index (χ2v) is 8.25. The number of benzene rings is 4. The molecule has 4 aromatic carbocycles. The predicted octanol–water partition coefficient (Wildman–Crippen LogP) is 6.98. The molecule has 0 spiro atoms. The summed E-state index contributed by atoms with van der Waals surface area (Å²) in [7, 11) is 0. The Morgan fingerprint density at radius 3 is 2.16 bits per heavy atom. The number of hydrogen-bond acceptors (Lipinski definition) is 4. The van der Waals surface area contributed by atoms with Crippen LogP contribution >= 0.6 is 11.8 Å². The minimum Gasteiger partial charge on any atom is -0.506 e. The van der Waals surface area contributed by atoms with Gasteiger partial charge in [0.1, 0.15) is 16.4 Å². The van der Waals surface area contributed by atoms with Gasteiger partial charge < -0.3 is 9.52 Å². The van der Waals surface area contributed by atoms with Gasteiger partial charge in [0.25, 0.3) is 0 Å². The molecule has 0 saturated heterocycles. The minimum absolute atomic E-state index is 0.0884. The van der Waals surface area contributed by atoms with Crippen molar-refractivity contribution < 1.29 is 9.52 Å². The average molecular weight is 423 g/mol. The van der Waals surface area contributed by atoms with E-state index in [2.05, 4.69) is 0 Å². The summed E-state index contributed by atoms with van der Waals surface area (Å²) < 4.78 is 5.59. The Hall–Kier alpha value is -3.76. The van der Waals surface area contributed by atoms with Crippen LogP contribution in [-0.4, -0.2) is 5.11 Å². The van der Waals surface area contributed by atoms with Gasteiger partial charge in [-0.15, -0.1) is 0 Å². The molecule has 1 heterocycles. The Bertz CT molecular complexity index is 1440. The molecule has 150 valence electrons. The SMILES string of the molecule is O=c1oc(-c2cccc(-c3ccccc3)c2)cc(O)c1Sc1ccc2ccccc2c1. The summed E-state index contributed by atoms with van der Waals surface area (Å²) >= 11 is 1.20. The Labute approximate surface area is 183 Å². The summed E-state index contributed by atoms with van der Waals surface area (Å²) in [6.07, 6.45) is 0. The van der Waals surface area contributed by atoms with E-state index in [1.165, 1.54) is 17.8 Å². The Balaban J connectivity index is 1.49. The standard InChI is InChI=1S/C27H18O3S/c28-24-17-25(22-12-6-11-20(15-22)18-7-2-1-3-8-18)30-27(29)26(24)31-23-14-13-19-9-4-5-10-21(19)16-23/h1-17,28H. The van der Waals surface area contributed by atoms with Crippen LogP contribution in [0.2, 0.25) is 0 Å². The molecule has 0 amide bonds. The van der Waals surface area contributed by atoms with Crippen molar-refractivity contribution in [3.63, 3.8) is 0 Å². The zero-order chi connectivity index (χ0) is 21.2. The van der Waals surface area contributed by atoms with Gasteiger partial charge in [0.05, 0.1) is 0 Å². The van der Waals surface area contributed by atoms with E-state index in [4.69, 9.17) is 4.42 Å². The van der Waals surface area contributed by atoms with Crippen LogP contribution in [0.3, 0.4) is 0 Å². The van der Waals surface area contributed by atoms with Gasteiger partial charge in [0.15, 0.2) is 0 Å². The largest absolute Gasteiger partial charge is 0.506 e. The maximum atomic E-state index is 12.7. The van der Waals surface area contributed by atoms with Gasteiger partial charge in [0, 0.05) is 16.5 Å². The quantitative estimate of drug-likeness (QED) is 0.339. The molecule has 0 saturated carbocycles. The normalized spacial score (nSPS) is 11.0. The highest BCUT2D eigenvalue weighted by Gasteiger charge is 2.15. The number of fused-ring (bicyclic) bond motifs is 1. The first-order chi connectivity index (χ1) is 15.2. The molecular formula is C27H18O3S. The van der Waals surface area contributed by atoms with Crippen LogP contribution in [0.4, 0.5) is 0 Å². The molecule has 0 aliphatic heterocycles. The molecule has 0 unspecified atom stereocenters. The molecule has 0 bridgehead atoms. The zero-order valence-corrected chi connectivity index (χ0v) is 17.3. The van der Waals surface area contributed by atoms with Crippen LogP contribution in [0, 0.1) is 0 Å². The highest BCUT2D eigenvalue weighted by atomic mass is 32.2. The first-order valence-electron chi connectivity index (χ1n) is 9.87. The molecule has 0 aliphatic carbocycles. The van der Waals surface area contributed by atoms with Crippen LogP contribution in [0.5, 0.6) is 5.75 Å². The average Bonchev–Trinajstić information content (AvgIpc) is 2.82. The van der Waals surface area contributed by atoms with Crippen molar-refractivity contribution in [1.29, 1.82) is 0 Å². The highest BCUT2D eigenvalue weighted by molar-refractivity contribution is 7.99. The Kier molecular flexibility index (Phi) is 5.06. The number of hydrogen-bond donors (Lipinski definition) is 1. The molecule has 3 nitrogen and oxygen atoms in total. The van der Waals surface area contributed by atoms with Crippen molar-refractivity contribution >= 4 is 22.5 Å². The molecule has 0 atom stereocenters. The summed E-state index contributed by atoms with van der Waals surface area (Å²) in [4.78, 5) is 13.7. The van der Waals surface area contributed by atoms with Crippen LogP contribution in [0.1, 0.15) is 0 Å². The second kappa shape index (κ2) is 8.17. The minimum atomic E-state index is -0.557. The molecule has 31 heavy (non-hydrogen) atoms. The fraction of sp³-hybridized carbons (Fsp3) is 0. The van der Waals surface area contributed by atoms with E-state index in [9.17, 15) is 9.90 Å². The monoisotopic (exact) mass is 422 g/mol. The molecule has 0 fully saturated rings. The molecule has 0 radical (unpaired) electrons. The van der Waals surface area contributed by atoms with E-state index in [1.807, 2.05) is 97.1 Å². The zero-order valence-electron chi connectivity index (χ0n) is 16.5. The first kappa shape index (κ1) is 19.2. The van der Waals surface area contributed by atoms with Crippen LogP contribution in [-0.2, 0) is 0 Å². The first-order valence-corrected chi connectivity index (χ1v) is 10.7. The lowest BCUT2D eigenvalue weighted by atomic mass is 10.0. The summed E-state index contributed by atoms with van der Waals surface area (Å²) in [5.41, 5.74) is 2.25. The van der Waals surface area contributed by atoms with E-state index in [-0.39, 0.29) is 10.6 Å². The van der Waals surface area contributed by atoms with Crippen molar-refractivity contribution in [3.8, 4) is 28.2 Å². The van der Waals surface area contributed by atoms with Crippen LogP contribution in [0.25, 0.3) is 33.2 Å². The van der Waals surface area contributed by atoms with Crippen molar-refractivity contribution in [2.45, 2.75) is 9.79 Å². The lowest BCUT2D eigenvalue weighted by Crippen LogP contribution is -2.02. The lowest BCUT2D eigenvalue weighted by Gasteiger charge is -2.08. The Morgan fingerprint density at radius 1 is 0.645 bits per heavy atom. The van der Waals surface area contributed by atoms with Crippen molar-refractivity contribution in [2.75, 3.05) is 0 Å². The fourth-order valence-electron chi connectivity index (χ4n) is 3.54. The fourth-order valence-corrected chi connectivity index (χ4v) is 4.38. The Morgan fingerprint density at radius 2 is 1.35 bits per heavy atom. The molecule has 0 aliphatic rings. The van der Waals surface area contributed by atoms with Crippen LogP contribution in [0.15, 0.2) is 122 Å². The molecule has 4 heteroatoms. The summed E-state index contributed by atoms with van der Waals surface area (Å²) in [5.74, 6) is 0.248.